The van der Waals surface area contributed by atoms with Crippen LogP contribution in [0.4, 0.5) is 0 Å². The first-order chi connectivity index (χ1) is 6.83. The second kappa shape index (κ2) is 6.19. The van der Waals surface area contributed by atoms with E-state index >= 15 is 0 Å². The molecule has 2 heteroatoms. The number of esters is 1. The Morgan fingerprint density at radius 1 is 1.36 bits per heavy atom. The maximum absolute atomic E-state index is 11.1. The summed E-state index contributed by atoms with van der Waals surface area (Å²) in [6.07, 6.45) is 3.22. The number of unbranched alkanes of at least 4 members (excludes halogenated alkanes) is 1. The highest BCUT2D eigenvalue weighted by atomic mass is 16.5. The first kappa shape index (κ1) is 10.8. The molecule has 0 aliphatic heterocycles. The average Bonchev–Trinajstić information content (AvgIpc) is 2.25. The Morgan fingerprint density at radius 2 is 2.07 bits per heavy atom. The number of carbonyl (C=O) groups is 1. The molecule has 0 aliphatic carbocycles. The van der Waals surface area contributed by atoms with Crippen molar-refractivity contribution in [1.82, 2.24) is 0 Å². The van der Waals surface area contributed by atoms with E-state index in [-0.39, 0.29) is 5.97 Å². The molecule has 0 saturated carbocycles. The molecule has 0 amide bonds. The Labute approximate surface area is 84.9 Å². The third-order valence-electron chi connectivity index (χ3n) is 1.84. The van der Waals surface area contributed by atoms with Gasteiger partial charge in [0, 0.05) is 6.42 Å². The molecule has 14 heavy (non-hydrogen) atoms. The van der Waals surface area contributed by atoms with Crippen molar-refractivity contribution >= 4 is 5.97 Å². The standard InChI is InChI=1S/C12H15O2/c1-2-3-9-12(13)14-10-11-7-5-4-6-8-11/h3-8H,2,9-10H2,1H3. The molecule has 0 N–H and O–H groups in total. The first-order valence-electron chi connectivity index (χ1n) is 4.84. The summed E-state index contributed by atoms with van der Waals surface area (Å²) in [4.78, 5) is 11.1. The second-order valence-corrected chi connectivity index (χ2v) is 3.05. The van der Waals surface area contributed by atoms with Crippen LogP contribution >= 0.6 is 0 Å². The summed E-state index contributed by atoms with van der Waals surface area (Å²) < 4.78 is 5.06. The number of rotatable bonds is 5. The minimum atomic E-state index is -0.157. The second-order valence-electron chi connectivity index (χ2n) is 3.05. The van der Waals surface area contributed by atoms with Gasteiger partial charge in [-0.15, -0.1) is 0 Å². The number of hydrogen-bond acceptors (Lipinski definition) is 2. The summed E-state index contributed by atoms with van der Waals surface area (Å²) in [6.45, 7) is 2.38. The summed E-state index contributed by atoms with van der Waals surface area (Å²) in [6, 6.07) is 9.69. The van der Waals surface area contributed by atoms with Crippen LogP contribution < -0.4 is 0 Å². The minimum Gasteiger partial charge on any atom is -0.461 e. The van der Waals surface area contributed by atoms with Crippen molar-refractivity contribution in [3.05, 3.63) is 42.3 Å². The van der Waals surface area contributed by atoms with Crippen molar-refractivity contribution in [3.8, 4) is 0 Å². The zero-order valence-electron chi connectivity index (χ0n) is 8.40. The maximum atomic E-state index is 11.1. The van der Waals surface area contributed by atoms with Crippen LogP contribution in [0.5, 0.6) is 0 Å². The molecule has 75 valence electrons. The van der Waals surface area contributed by atoms with Crippen molar-refractivity contribution in [1.29, 1.82) is 0 Å². The van der Waals surface area contributed by atoms with Crippen molar-refractivity contribution in [2.24, 2.45) is 0 Å². The molecule has 0 saturated heterocycles. The van der Waals surface area contributed by atoms with Gasteiger partial charge in [0.25, 0.3) is 0 Å². The lowest BCUT2D eigenvalue weighted by Crippen LogP contribution is -2.04. The van der Waals surface area contributed by atoms with E-state index < -0.39 is 0 Å². The predicted molar refractivity (Wildman–Crippen MR) is 55.4 cm³/mol. The van der Waals surface area contributed by atoms with Gasteiger partial charge in [-0.3, -0.25) is 4.79 Å². The third-order valence-corrected chi connectivity index (χ3v) is 1.84. The number of benzene rings is 1. The van der Waals surface area contributed by atoms with Crippen LogP contribution in [0, 0.1) is 6.42 Å². The summed E-state index contributed by atoms with van der Waals surface area (Å²) in [7, 11) is 0. The Hall–Kier alpha value is -1.31. The third kappa shape index (κ3) is 4.08. The fourth-order valence-electron chi connectivity index (χ4n) is 1.06. The summed E-state index contributed by atoms with van der Waals surface area (Å²) in [5.74, 6) is -0.157. The molecule has 1 aromatic rings. The summed E-state index contributed by atoms with van der Waals surface area (Å²) in [5, 5.41) is 0. The molecule has 1 aromatic carbocycles. The number of carbonyl (C=O) groups excluding carboxylic acids is 1. The first-order valence-corrected chi connectivity index (χ1v) is 4.84. The van der Waals surface area contributed by atoms with Gasteiger partial charge in [0.15, 0.2) is 0 Å². The molecule has 0 heterocycles. The normalized spacial score (nSPS) is 9.79. The van der Waals surface area contributed by atoms with Gasteiger partial charge in [0.05, 0.1) is 0 Å². The van der Waals surface area contributed by atoms with Crippen LogP contribution in [0.25, 0.3) is 0 Å². The lowest BCUT2D eigenvalue weighted by molar-refractivity contribution is -0.144. The zero-order chi connectivity index (χ0) is 10.2. The Morgan fingerprint density at radius 3 is 2.71 bits per heavy atom. The topological polar surface area (TPSA) is 26.3 Å². The van der Waals surface area contributed by atoms with Gasteiger partial charge in [-0.2, -0.15) is 0 Å². The molecule has 0 bridgehead atoms. The minimum absolute atomic E-state index is 0.157. The summed E-state index contributed by atoms with van der Waals surface area (Å²) >= 11 is 0. The molecule has 0 aliphatic rings. The number of ether oxygens (including phenoxy) is 1. The van der Waals surface area contributed by atoms with E-state index in [0.29, 0.717) is 13.0 Å². The lowest BCUT2D eigenvalue weighted by Gasteiger charge is -2.03. The van der Waals surface area contributed by atoms with Gasteiger partial charge in [0.2, 0.25) is 0 Å². The Bertz CT molecular complexity index is 267. The van der Waals surface area contributed by atoms with Crippen LogP contribution in [0.3, 0.4) is 0 Å². The molecular weight excluding hydrogens is 176 g/mol. The highest BCUT2D eigenvalue weighted by molar-refractivity contribution is 5.70. The van der Waals surface area contributed by atoms with Crippen LogP contribution in [-0.4, -0.2) is 5.97 Å². The molecule has 1 radical (unpaired) electrons. The molecule has 0 spiro atoms. The van der Waals surface area contributed by atoms with Gasteiger partial charge in [-0.25, -0.2) is 0 Å². The van der Waals surface area contributed by atoms with Crippen LogP contribution in [0.15, 0.2) is 30.3 Å². The van der Waals surface area contributed by atoms with Gasteiger partial charge < -0.3 is 4.74 Å². The van der Waals surface area contributed by atoms with E-state index in [1.54, 1.807) is 0 Å². The average molecular weight is 191 g/mol. The van der Waals surface area contributed by atoms with Gasteiger partial charge >= 0.3 is 5.97 Å². The van der Waals surface area contributed by atoms with Crippen molar-refractivity contribution in [3.63, 3.8) is 0 Å². The Balaban J connectivity index is 2.24. The lowest BCUT2D eigenvalue weighted by atomic mass is 10.2. The fraction of sp³-hybridized carbons (Fsp3) is 0.333. The van der Waals surface area contributed by atoms with Crippen molar-refractivity contribution < 1.29 is 9.53 Å². The fourth-order valence-corrected chi connectivity index (χ4v) is 1.06. The van der Waals surface area contributed by atoms with E-state index in [9.17, 15) is 4.79 Å². The quantitative estimate of drug-likeness (QED) is 0.669. The summed E-state index contributed by atoms with van der Waals surface area (Å²) in [5.41, 5.74) is 1.03. The molecular formula is C12H15O2. The van der Waals surface area contributed by atoms with Gasteiger partial charge in [-0.05, 0) is 12.0 Å². The van der Waals surface area contributed by atoms with Gasteiger partial charge in [-0.1, -0.05) is 43.7 Å². The van der Waals surface area contributed by atoms with Crippen molar-refractivity contribution in [2.75, 3.05) is 0 Å². The van der Waals surface area contributed by atoms with E-state index in [2.05, 4.69) is 0 Å². The number of hydrogen-bond donors (Lipinski definition) is 0. The largest absolute Gasteiger partial charge is 0.461 e. The predicted octanol–water partition coefficient (Wildman–Crippen LogP) is 2.73. The SMILES string of the molecule is CC[CH]CC(=O)OCc1ccccc1. The van der Waals surface area contributed by atoms with E-state index in [4.69, 9.17) is 4.74 Å². The molecule has 0 fully saturated rings. The van der Waals surface area contributed by atoms with Crippen LogP contribution in [0.1, 0.15) is 25.3 Å². The molecule has 0 aromatic heterocycles. The van der Waals surface area contributed by atoms with Gasteiger partial charge in [0.1, 0.15) is 6.61 Å². The van der Waals surface area contributed by atoms with E-state index in [0.717, 1.165) is 12.0 Å². The van der Waals surface area contributed by atoms with E-state index in [1.807, 2.05) is 43.7 Å². The molecule has 0 atom stereocenters. The van der Waals surface area contributed by atoms with E-state index in [1.165, 1.54) is 0 Å². The molecule has 1 rings (SSSR count). The maximum Gasteiger partial charge on any atom is 0.306 e. The zero-order valence-corrected chi connectivity index (χ0v) is 8.40. The Kier molecular flexibility index (Phi) is 4.76. The van der Waals surface area contributed by atoms with Crippen molar-refractivity contribution in [2.45, 2.75) is 26.4 Å². The van der Waals surface area contributed by atoms with Crippen LogP contribution in [0.2, 0.25) is 0 Å². The highest BCUT2D eigenvalue weighted by Crippen LogP contribution is 2.02. The highest BCUT2D eigenvalue weighted by Gasteiger charge is 2.01. The smallest absolute Gasteiger partial charge is 0.306 e. The van der Waals surface area contributed by atoms with Crippen LogP contribution in [-0.2, 0) is 16.1 Å². The molecule has 0 unspecified atom stereocenters. The monoisotopic (exact) mass is 191 g/mol. The molecule has 2 nitrogen and oxygen atoms in total.